The van der Waals surface area contributed by atoms with E-state index in [1.54, 1.807) is 0 Å². The average Bonchev–Trinajstić information content (AvgIpc) is 3.01. The maximum Gasteiger partial charge on any atom is 0.280 e. The number of fused-ring (bicyclic) bond motifs is 1. The van der Waals surface area contributed by atoms with Crippen molar-refractivity contribution < 1.29 is 19.3 Å². The minimum atomic E-state index is -0.883. The molecule has 0 radical (unpaired) electrons. The third-order valence-corrected chi connectivity index (χ3v) is 3.64. The van der Waals surface area contributed by atoms with Crippen molar-refractivity contribution in [3.05, 3.63) is 16.7 Å². The van der Waals surface area contributed by atoms with Gasteiger partial charge in [-0.1, -0.05) is 0 Å². The van der Waals surface area contributed by atoms with E-state index in [0.29, 0.717) is 0 Å². The Bertz CT molecular complexity index is 728. The lowest BCUT2D eigenvalue weighted by Gasteiger charge is -2.19. The lowest BCUT2D eigenvalue weighted by molar-refractivity contribution is -0.0630. The Hall–Kier alpha value is -2.01. The zero-order valence-electron chi connectivity index (χ0n) is 12.1. The van der Waals surface area contributed by atoms with Crippen LogP contribution >= 0.6 is 0 Å². The number of aromatic amines is 1. The largest absolute Gasteiger partial charge is 0.387 e. The fourth-order valence-corrected chi connectivity index (χ4v) is 2.63. The molecule has 3 heterocycles. The average molecular weight is 311 g/mol. The van der Waals surface area contributed by atoms with E-state index in [1.807, 2.05) is 0 Å². The van der Waals surface area contributed by atoms with Gasteiger partial charge in [0.1, 0.15) is 18.3 Å². The van der Waals surface area contributed by atoms with Crippen molar-refractivity contribution in [3.63, 3.8) is 0 Å². The summed E-state index contributed by atoms with van der Waals surface area (Å²) in [7, 11) is 2.98. The number of anilines is 1. The molecular formula is C12H17N5O5. The van der Waals surface area contributed by atoms with Gasteiger partial charge in [-0.2, -0.15) is 4.98 Å². The smallest absolute Gasteiger partial charge is 0.280 e. The van der Waals surface area contributed by atoms with Crippen LogP contribution in [0.25, 0.3) is 11.2 Å². The van der Waals surface area contributed by atoms with Crippen LogP contribution in [0.1, 0.15) is 6.23 Å². The van der Waals surface area contributed by atoms with Crippen LogP contribution in [0.2, 0.25) is 0 Å². The molecule has 2 aromatic rings. The molecular weight excluding hydrogens is 294 g/mol. The molecule has 120 valence electrons. The number of nitrogens with two attached hydrogens (primary N) is 1. The molecule has 4 atom stereocenters. The highest BCUT2D eigenvalue weighted by Crippen LogP contribution is 2.32. The molecule has 4 N–H and O–H groups in total. The summed E-state index contributed by atoms with van der Waals surface area (Å²) >= 11 is 0. The van der Waals surface area contributed by atoms with Crippen molar-refractivity contribution in [1.29, 1.82) is 0 Å². The first-order chi connectivity index (χ1) is 10.6. The van der Waals surface area contributed by atoms with Crippen LogP contribution in [-0.4, -0.2) is 63.8 Å². The van der Waals surface area contributed by atoms with Gasteiger partial charge >= 0.3 is 0 Å². The topological polar surface area (TPSA) is 138 Å². The number of aliphatic hydroxyl groups excluding tert-OH is 1. The lowest BCUT2D eigenvalue weighted by atomic mass is 10.1. The first kappa shape index (κ1) is 14.9. The van der Waals surface area contributed by atoms with E-state index in [4.69, 9.17) is 19.9 Å². The summed E-state index contributed by atoms with van der Waals surface area (Å²) in [4.78, 5) is 22.3. The summed E-state index contributed by atoms with van der Waals surface area (Å²) in [5.41, 5.74) is 5.53. The van der Waals surface area contributed by atoms with Gasteiger partial charge in [-0.05, 0) is 0 Å². The zero-order valence-corrected chi connectivity index (χ0v) is 12.1. The van der Waals surface area contributed by atoms with Gasteiger partial charge in [0.15, 0.2) is 17.4 Å². The van der Waals surface area contributed by atoms with Crippen molar-refractivity contribution in [2.24, 2.45) is 0 Å². The predicted octanol–water partition coefficient (Wildman–Crippen LogP) is -1.38. The second-order valence-corrected chi connectivity index (χ2v) is 4.99. The highest BCUT2D eigenvalue weighted by molar-refractivity contribution is 5.70. The van der Waals surface area contributed by atoms with Crippen LogP contribution in [0.4, 0.5) is 5.95 Å². The summed E-state index contributed by atoms with van der Waals surface area (Å²) in [5.74, 6) is -0.0276. The molecule has 10 heteroatoms. The number of nitrogens with one attached hydrogen (secondary N) is 1. The van der Waals surface area contributed by atoms with Crippen LogP contribution in [-0.2, 0) is 14.2 Å². The summed E-state index contributed by atoms with van der Waals surface area (Å²) in [6.07, 6.45) is -1.38. The van der Waals surface area contributed by atoms with Crippen molar-refractivity contribution in [2.45, 2.75) is 24.5 Å². The van der Waals surface area contributed by atoms with Gasteiger partial charge in [-0.25, -0.2) is 4.98 Å². The molecule has 1 aliphatic rings. The number of imidazole rings is 1. The number of ether oxygens (including phenoxy) is 3. The second-order valence-electron chi connectivity index (χ2n) is 4.99. The molecule has 1 aliphatic heterocycles. The van der Waals surface area contributed by atoms with E-state index in [0.717, 1.165) is 0 Å². The maximum atomic E-state index is 11.8. The van der Waals surface area contributed by atoms with Crippen molar-refractivity contribution >= 4 is 17.1 Å². The van der Waals surface area contributed by atoms with Crippen molar-refractivity contribution in [1.82, 2.24) is 19.5 Å². The molecule has 22 heavy (non-hydrogen) atoms. The standard InChI is InChI=1S/C12H17N5O5/c1-20-3-5-7(18)8(21-2)11(22-5)17-4-14-6-9(17)15-12(13)16-10(6)19/h4-5,7-8,11,18H,3H2,1-2H3,(H3,13,15,16,19)/t5-,7-,8-,11-/m1/s1. The van der Waals surface area contributed by atoms with E-state index in [1.165, 1.54) is 25.1 Å². The lowest BCUT2D eigenvalue weighted by Crippen LogP contribution is -2.35. The van der Waals surface area contributed by atoms with Crippen LogP contribution in [0.15, 0.2) is 11.1 Å². The van der Waals surface area contributed by atoms with E-state index < -0.39 is 30.1 Å². The van der Waals surface area contributed by atoms with Crippen LogP contribution < -0.4 is 11.3 Å². The quantitative estimate of drug-likeness (QED) is 0.628. The number of methoxy groups -OCH3 is 2. The fourth-order valence-electron chi connectivity index (χ4n) is 2.63. The Labute approximate surface area is 124 Å². The Morgan fingerprint density at radius 3 is 3.00 bits per heavy atom. The number of H-pyrrole nitrogens is 1. The zero-order chi connectivity index (χ0) is 15.9. The van der Waals surface area contributed by atoms with E-state index in [-0.39, 0.29) is 23.7 Å². The Kier molecular flexibility index (Phi) is 3.83. The molecule has 2 aromatic heterocycles. The molecule has 1 saturated heterocycles. The Balaban J connectivity index is 2.05. The summed E-state index contributed by atoms with van der Waals surface area (Å²) < 4.78 is 17.6. The summed E-state index contributed by atoms with van der Waals surface area (Å²) in [6.45, 7) is 0.209. The van der Waals surface area contributed by atoms with Gasteiger partial charge < -0.3 is 25.1 Å². The number of nitrogen functional groups attached to an aromatic ring is 1. The van der Waals surface area contributed by atoms with Crippen LogP contribution in [0.5, 0.6) is 0 Å². The number of nitrogens with zero attached hydrogens (tertiary/aromatic N) is 3. The Morgan fingerprint density at radius 2 is 2.32 bits per heavy atom. The van der Waals surface area contributed by atoms with Gasteiger partial charge in [0.2, 0.25) is 5.95 Å². The summed E-state index contributed by atoms with van der Waals surface area (Å²) in [5, 5.41) is 10.3. The maximum absolute atomic E-state index is 11.8. The fraction of sp³-hybridized carbons (Fsp3) is 0.583. The highest BCUT2D eigenvalue weighted by atomic mass is 16.6. The van der Waals surface area contributed by atoms with E-state index in [9.17, 15) is 9.90 Å². The molecule has 0 aliphatic carbocycles. The van der Waals surface area contributed by atoms with Gasteiger partial charge in [0.05, 0.1) is 12.9 Å². The highest BCUT2D eigenvalue weighted by Gasteiger charge is 2.45. The molecule has 0 aromatic carbocycles. The molecule has 10 nitrogen and oxygen atoms in total. The van der Waals surface area contributed by atoms with Gasteiger partial charge in [0.25, 0.3) is 5.56 Å². The normalized spacial score (nSPS) is 28.5. The molecule has 0 amide bonds. The Morgan fingerprint density at radius 1 is 1.55 bits per heavy atom. The van der Waals surface area contributed by atoms with Gasteiger partial charge in [0, 0.05) is 14.2 Å². The monoisotopic (exact) mass is 311 g/mol. The van der Waals surface area contributed by atoms with Crippen LogP contribution in [0, 0.1) is 0 Å². The van der Waals surface area contributed by atoms with E-state index in [2.05, 4.69) is 15.0 Å². The number of hydrogen-bond donors (Lipinski definition) is 3. The number of hydrogen-bond acceptors (Lipinski definition) is 8. The number of aliphatic hydroxyl groups is 1. The van der Waals surface area contributed by atoms with Gasteiger partial charge in [-0.15, -0.1) is 0 Å². The van der Waals surface area contributed by atoms with Crippen LogP contribution in [0.3, 0.4) is 0 Å². The molecule has 0 bridgehead atoms. The van der Waals surface area contributed by atoms with E-state index >= 15 is 0 Å². The number of rotatable bonds is 4. The summed E-state index contributed by atoms with van der Waals surface area (Å²) in [6, 6.07) is 0. The van der Waals surface area contributed by atoms with Crippen molar-refractivity contribution in [3.8, 4) is 0 Å². The van der Waals surface area contributed by atoms with Gasteiger partial charge in [-0.3, -0.25) is 14.3 Å². The minimum absolute atomic E-state index is 0.0276. The second kappa shape index (κ2) is 5.65. The third-order valence-electron chi connectivity index (χ3n) is 3.64. The molecule has 3 rings (SSSR count). The molecule has 0 unspecified atom stereocenters. The van der Waals surface area contributed by atoms with Crippen molar-refractivity contribution in [2.75, 3.05) is 26.6 Å². The molecule has 0 spiro atoms. The SMILES string of the molecule is COC[C@H]1O[C@@H](n2cnc3c(=O)[nH]c(N)nc32)[C@H](OC)[C@@H]1O. The number of aromatic nitrogens is 4. The minimum Gasteiger partial charge on any atom is -0.387 e. The molecule has 1 fully saturated rings. The molecule has 0 saturated carbocycles. The first-order valence-corrected chi connectivity index (χ1v) is 6.64. The predicted molar refractivity (Wildman–Crippen MR) is 75.2 cm³/mol. The first-order valence-electron chi connectivity index (χ1n) is 6.64. The third kappa shape index (κ3) is 2.25.